The van der Waals surface area contributed by atoms with Gasteiger partial charge in [-0.05, 0) is 68.4 Å². The number of hydrogen-bond donors (Lipinski definition) is 3. The Morgan fingerprint density at radius 1 is 1.13 bits per heavy atom. The molecule has 0 spiro atoms. The summed E-state index contributed by atoms with van der Waals surface area (Å²) < 4.78 is 12.6. The molecule has 0 saturated carbocycles. The molecule has 1 aromatic heterocycles. The van der Waals surface area contributed by atoms with Gasteiger partial charge in [-0.15, -0.1) is 0 Å². The van der Waals surface area contributed by atoms with Crippen molar-refractivity contribution in [2.45, 2.75) is 19.4 Å². The summed E-state index contributed by atoms with van der Waals surface area (Å²) in [5.74, 6) is 1.42. The number of carbonyl (C=O) groups is 1. The van der Waals surface area contributed by atoms with Crippen LogP contribution >= 0.6 is 0 Å². The van der Waals surface area contributed by atoms with Gasteiger partial charge in [0.15, 0.2) is 0 Å². The van der Waals surface area contributed by atoms with Gasteiger partial charge in [0, 0.05) is 5.56 Å². The first-order valence-electron chi connectivity index (χ1n) is 9.52. The number of aromatic nitrogens is 2. The van der Waals surface area contributed by atoms with E-state index in [-0.39, 0.29) is 0 Å². The van der Waals surface area contributed by atoms with Gasteiger partial charge < -0.3 is 25.6 Å². The fourth-order valence-corrected chi connectivity index (χ4v) is 2.87. The van der Waals surface area contributed by atoms with E-state index in [0.717, 1.165) is 22.7 Å². The monoisotopic (exact) mass is 410 g/mol. The number of ether oxygens (including phenoxy) is 2. The third-order valence-corrected chi connectivity index (χ3v) is 4.47. The number of carbonyl (C=O) groups excluding carboxylic acids is 1. The van der Waals surface area contributed by atoms with Crippen molar-refractivity contribution in [3.63, 3.8) is 0 Å². The number of nitrogens with one attached hydrogen (secondary N) is 1. The summed E-state index contributed by atoms with van der Waals surface area (Å²) in [7, 11) is 1.62. The molecule has 8 nitrogen and oxygen atoms in total. The lowest BCUT2D eigenvalue weighted by Gasteiger charge is -2.13. The normalized spacial score (nSPS) is 11.2. The van der Waals surface area contributed by atoms with Crippen LogP contribution in [0.1, 0.15) is 19.5 Å². The molecule has 0 unspecified atom stereocenters. The van der Waals surface area contributed by atoms with E-state index >= 15 is 0 Å². The Bertz CT molecular complexity index is 989. The average molecular weight is 410 g/mol. The quantitative estimate of drug-likeness (QED) is 0.495. The maximum absolute atomic E-state index is 10.7. The first-order valence-corrected chi connectivity index (χ1v) is 9.52. The molecule has 0 atom stereocenters. The summed E-state index contributed by atoms with van der Waals surface area (Å²) in [5, 5.41) is 17.6. The lowest BCUT2D eigenvalue weighted by Crippen LogP contribution is -2.32. The molecule has 2 aromatic carbocycles. The fourth-order valence-electron chi connectivity index (χ4n) is 2.87. The van der Waals surface area contributed by atoms with E-state index in [1.54, 1.807) is 25.6 Å². The molecule has 158 valence electrons. The Kier molecular flexibility index (Phi) is 6.27. The van der Waals surface area contributed by atoms with E-state index < -0.39 is 11.6 Å². The van der Waals surface area contributed by atoms with Gasteiger partial charge in [0.05, 0.1) is 30.7 Å². The van der Waals surface area contributed by atoms with Crippen LogP contribution in [0.4, 0.5) is 4.79 Å². The number of benzene rings is 2. The summed E-state index contributed by atoms with van der Waals surface area (Å²) in [4.78, 5) is 10.7. The Morgan fingerprint density at radius 2 is 1.77 bits per heavy atom. The first kappa shape index (κ1) is 21.2. The standard InChI is InChI=1S/C22H26N4O4/c1-22(2,28)20-14-19(26(25-20)16-6-10-17(29-3)11-7-16)15-4-8-18(9-5-15)30-13-12-24-21(23)27/h4-11,14,28H,12-13H2,1-3H3,(H3,23,24,27). The number of primary amides is 1. The van der Waals surface area contributed by atoms with E-state index in [9.17, 15) is 9.90 Å². The number of aliphatic hydroxyl groups is 1. The zero-order valence-corrected chi connectivity index (χ0v) is 17.3. The third kappa shape index (κ3) is 5.09. The summed E-state index contributed by atoms with van der Waals surface area (Å²) in [6, 6.07) is 16.4. The van der Waals surface area contributed by atoms with Crippen LogP contribution in [0.15, 0.2) is 54.6 Å². The molecule has 0 aliphatic heterocycles. The summed E-state index contributed by atoms with van der Waals surface area (Å²) in [6.07, 6.45) is 0. The smallest absolute Gasteiger partial charge is 0.312 e. The number of nitrogens with two attached hydrogens (primary N) is 1. The molecule has 4 N–H and O–H groups in total. The second kappa shape index (κ2) is 8.87. The molecule has 1 heterocycles. The van der Waals surface area contributed by atoms with E-state index in [1.807, 2.05) is 54.6 Å². The van der Waals surface area contributed by atoms with Gasteiger partial charge in [-0.1, -0.05) is 0 Å². The van der Waals surface area contributed by atoms with Crippen LogP contribution in [0.25, 0.3) is 16.9 Å². The van der Waals surface area contributed by atoms with Crippen LogP contribution in [0.3, 0.4) is 0 Å². The molecule has 0 aliphatic carbocycles. The highest BCUT2D eigenvalue weighted by molar-refractivity contribution is 5.71. The Balaban J connectivity index is 1.88. The summed E-state index contributed by atoms with van der Waals surface area (Å²) in [5.41, 5.74) is 7.10. The predicted octanol–water partition coefficient (Wildman–Crippen LogP) is 2.82. The van der Waals surface area contributed by atoms with E-state index in [2.05, 4.69) is 10.4 Å². The molecule has 0 aliphatic rings. The number of rotatable bonds is 8. The van der Waals surface area contributed by atoms with Gasteiger partial charge in [0.2, 0.25) is 0 Å². The van der Waals surface area contributed by atoms with Gasteiger partial charge in [-0.3, -0.25) is 0 Å². The maximum Gasteiger partial charge on any atom is 0.312 e. The van der Waals surface area contributed by atoms with Crippen molar-refractivity contribution in [2.75, 3.05) is 20.3 Å². The van der Waals surface area contributed by atoms with Crippen molar-refractivity contribution in [3.05, 3.63) is 60.3 Å². The molecular weight excluding hydrogens is 384 g/mol. The number of methoxy groups -OCH3 is 1. The maximum atomic E-state index is 10.7. The van der Waals surface area contributed by atoms with Gasteiger partial charge in [0.1, 0.15) is 23.7 Å². The third-order valence-electron chi connectivity index (χ3n) is 4.47. The van der Waals surface area contributed by atoms with E-state index in [4.69, 9.17) is 15.2 Å². The number of hydrogen-bond acceptors (Lipinski definition) is 5. The van der Waals surface area contributed by atoms with Gasteiger partial charge in [-0.2, -0.15) is 5.10 Å². The Labute approximate surface area is 175 Å². The minimum absolute atomic E-state index is 0.314. The van der Waals surface area contributed by atoms with Crippen LogP contribution in [-0.4, -0.2) is 41.2 Å². The molecule has 0 bridgehead atoms. The SMILES string of the molecule is COc1ccc(-n2nc(C(C)(C)O)cc2-c2ccc(OCCNC(N)=O)cc2)cc1. The Hall–Kier alpha value is -3.52. The van der Waals surface area contributed by atoms with Gasteiger partial charge in [-0.25, -0.2) is 9.48 Å². The average Bonchev–Trinajstić information content (AvgIpc) is 3.17. The van der Waals surface area contributed by atoms with E-state index in [0.29, 0.717) is 24.6 Å². The second-order valence-electron chi connectivity index (χ2n) is 7.25. The van der Waals surface area contributed by atoms with Crippen molar-refractivity contribution in [1.29, 1.82) is 0 Å². The molecule has 30 heavy (non-hydrogen) atoms. The molecule has 0 radical (unpaired) electrons. The van der Waals surface area contributed by atoms with Gasteiger partial charge >= 0.3 is 6.03 Å². The minimum Gasteiger partial charge on any atom is -0.497 e. The molecule has 3 aromatic rings. The zero-order valence-electron chi connectivity index (χ0n) is 17.3. The largest absolute Gasteiger partial charge is 0.497 e. The van der Waals surface area contributed by atoms with Crippen LogP contribution < -0.4 is 20.5 Å². The van der Waals surface area contributed by atoms with Crippen molar-refractivity contribution < 1.29 is 19.4 Å². The topological polar surface area (TPSA) is 112 Å². The minimum atomic E-state index is -1.08. The van der Waals surface area contributed by atoms with E-state index in [1.165, 1.54) is 0 Å². The summed E-state index contributed by atoms with van der Waals surface area (Å²) >= 11 is 0. The lowest BCUT2D eigenvalue weighted by molar-refractivity contribution is 0.0734. The Morgan fingerprint density at radius 3 is 2.33 bits per heavy atom. The van der Waals surface area contributed by atoms with Crippen LogP contribution in [0.5, 0.6) is 11.5 Å². The molecular formula is C22H26N4O4. The van der Waals surface area contributed by atoms with Crippen molar-refractivity contribution in [2.24, 2.45) is 5.73 Å². The molecule has 2 amide bonds. The number of nitrogens with zero attached hydrogens (tertiary/aromatic N) is 2. The molecule has 3 rings (SSSR count). The van der Waals surface area contributed by atoms with Crippen molar-refractivity contribution in [3.8, 4) is 28.4 Å². The number of amides is 2. The fraction of sp³-hybridized carbons (Fsp3) is 0.273. The zero-order chi connectivity index (χ0) is 21.7. The highest BCUT2D eigenvalue weighted by Crippen LogP contribution is 2.30. The molecule has 0 saturated heterocycles. The summed E-state index contributed by atoms with van der Waals surface area (Å²) in [6.45, 7) is 4.05. The highest BCUT2D eigenvalue weighted by Gasteiger charge is 2.23. The number of urea groups is 1. The predicted molar refractivity (Wildman–Crippen MR) is 114 cm³/mol. The van der Waals surface area contributed by atoms with Crippen LogP contribution in [0, 0.1) is 0 Å². The van der Waals surface area contributed by atoms with Crippen LogP contribution in [0.2, 0.25) is 0 Å². The molecule has 0 fully saturated rings. The van der Waals surface area contributed by atoms with Crippen LogP contribution in [-0.2, 0) is 5.60 Å². The first-order chi connectivity index (χ1) is 14.3. The van der Waals surface area contributed by atoms with Crippen molar-refractivity contribution >= 4 is 6.03 Å². The highest BCUT2D eigenvalue weighted by atomic mass is 16.5. The van der Waals surface area contributed by atoms with Crippen molar-refractivity contribution in [1.82, 2.24) is 15.1 Å². The second-order valence-corrected chi connectivity index (χ2v) is 7.25. The van der Waals surface area contributed by atoms with Gasteiger partial charge in [0.25, 0.3) is 0 Å². The molecule has 8 heteroatoms. The lowest BCUT2D eigenvalue weighted by atomic mass is 10.0.